The molecule has 0 bridgehead atoms. The van der Waals surface area contributed by atoms with Crippen LogP contribution < -0.4 is 10.6 Å². The largest absolute Gasteiger partial charge is 0.444 e. The number of hydrogen-bond donors (Lipinski definition) is 2. The molecule has 0 saturated carbocycles. The lowest BCUT2D eigenvalue weighted by atomic mass is 10.1. The standard InChI is InChI=1S/C22H23N3O3S/c1-13-10-11-14(2)17(12-13)24-20(26)19(16-8-6-5-7-9-16)28-22(27)18-15(3)25-29-21(18)23-4/h5-12,19,23H,1-4H3,(H,24,26). The smallest absolute Gasteiger partial charge is 0.344 e. The third-order valence-corrected chi connectivity index (χ3v) is 5.47. The monoisotopic (exact) mass is 409 g/mol. The first-order valence-electron chi connectivity index (χ1n) is 9.18. The second kappa shape index (κ2) is 8.87. The van der Waals surface area contributed by atoms with E-state index in [0.717, 1.165) is 11.1 Å². The van der Waals surface area contributed by atoms with Crippen molar-refractivity contribution < 1.29 is 14.3 Å². The fourth-order valence-corrected chi connectivity index (χ4v) is 3.65. The summed E-state index contributed by atoms with van der Waals surface area (Å²) in [6.45, 7) is 5.61. The van der Waals surface area contributed by atoms with Crippen LogP contribution in [0.5, 0.6) is 0 Å². The molecule has 0 aliphatic heterocycles. The fraction of sp³-hybridized carbons (Fsp3) is 0.227. The summed E-state index contributed by atoms with van der Waals surface area (Å²) in [5.41, 5.74) is 4.14. The highest BCUT2D eigenvalue weighted by Crippen LogP contribution is 2.28. The summed E-state index contributed by atoms with van der Waals surface area (Å²) in [4.78, 5) is 26.0. The van der Waals surface area contributed by atoms with Gasteiger partial charge >= 0.3 is 5.97 Å². The maximum Gasteiger partial charge on any atom is 0.344 e. The van der Waals surface area contributed by atoms with Crippen LogP contribution in [0, 0.1) is 20.8 Å². The first-order valence-corrected chi connectivity index (χ1v) is 9.96. The lowest BCUT2D eigenvalue weighted by Crippen LogP contribution is -2.26. The van der Waals surface area contributed by atoms with Gasteiger partial charge in [-0.25, -0.2) is 4.79 Å². The van der Waals surface area contributed by atoms with Crippen LogP contribution >= 0.6 is 11.5 Å². The first-order chi connectivity index (χ1) is 13.9. The predicted molar refractivity (Wildman–Crippen MR) is 116 cm³/mol. The van der Waals surface area contributed by atoms with Crippen molar-refractivity contribution in [3.05, 3.63) is 76.5 Å². The molecule has 7 heteroatoms. The molecule has 1 unspecified atom stereocenters. The minimum absolute atomic E-state index is 0.345. The molecule has 0 spiro atoms. The summed E-state index contributed by atoms with van der Waals surface area (Å²) >= 11 is 1.18. The lowest BCUT2D eigenvalue weighted by molar-refractivity contribution is -0.125. The van der Waals surface area contributed by atoms with Crippen LogP contribution in [-0.4, -0.2) is 23.3 Å². The summed E-state index contributed by atoms with van der Waals surface area (Å²) in [7, 11) is 1.71. The van der Waals surface area contributed by atoms with Gasteiger partial charge in [-0.2, -0.15) is 4.37 Å². The Kier molecular flexibility index (Phi) is 6.29. The quantitative estimate of drug-likeness (QED) is 0.580. The predicted octanol–water partition coefficient (Wildman–Crippen LogP) is 4.65. The molecule has 2 N–H and O–H groups in total. The van der Waals surface area contributed by atoms with E-state index < -0.39 is 18.0 Å². The van der Waals surface area contributed by atoms with Crippen LogP contribution in [0.4, 0.5) is 10.7 Å². The third-order valence-electron chi connectivity index (χ3n) is 4.51. The molecule has 0 saturated heterocycles. The van der Waals surface area contributed by atoms with Crippen LogP contribution in [0.25, 0.3) is 0 Å². The molecule has 0 fully saturated rings. The highest BCUT2D eigenvalue weighted by Gasteiger charge is 2.29. The summed E-state index contributed by atoms with van der Waals surface area (Å²) in [5.74, 6) is -1.00. The van der Waals surface area contributed by atoms with E-state index in [1.54, 1.807) is 38.2 Å². The summed E-state index contributed by atoms with van der Waals surface area (Å²) in [6, 6.07) is 14.8. The lowest BCUT2D eigenvalue weighted by Gasteiger charge is -2.19. The Labute approximate surface area is 174 Å². The maximum atomic E-state index is 13.1. The minimum atomic E-state index is -1.09. The van der Waals surface area contributed by atoms with Crippen molar-refractivity contribution in [1.82, 2.24) is 4.37 Å². The number of amides is 1. The molecule has 3 rings (SSSR count). The summed E-state index contributed by atoms with van der Waals surface area (Å²) < 4.78 is 9.88. The Bertz CT molecular complexity index is 1030. The van der Waals surface area contributed by atoms with Gasteiger partial charge in [-0.05, 0) is 49.5 Å². The number of hydrogen-bond acceptors (Lipinski definition) is 6. The highest BCUT2D eigenvalue weighted by atomic mass is 32.1. The zero-order valence-electron chi connectivity index (χ0n) is 16.8. The van der Waals surface area contributed by atoms with Gasteiger partial charge in [0.2, 0.25) is 6.10 Å². The number of rotatable bonds is 6. The van der Waals surface area contributed by atoms with E-state index in [1.807, 2.05) is 38.1 Å². The number of esters is 1. The number of benzene rings is 2. The van der Waals surface area contributed by atoms with Gasteiger partial charge in [0.1, 0.15) is 10.6 Å². The average molecular weight is 410 g/mol. The third kappa shape index (κ3) is 4.63. The van der Waals surface area contributed by atoms with Crippen LogP contribution in [0.1, 0.15) is 38.8 Å². The van der Waals surface area contributed by atoms with E-state index in [0.29, 0.717) is 27.5 Å². The SMILES string of the molecule is CNc1snc(C)c1C(=O)OC(C(=O)Nc1cc(C)ccc1C)c1ccccc1. The van der Waals surface area contributed by atoms with E-state index in [9.17, 15) is 9.59 Å². The zero-order valence-corrected chi connectivity index (χ0v) is 17.6. The molecule has 0 radical (unpaired) electrons. The molecule has 6 nitrogen and oxygen atoms in total. The van der Waals surface area contributed by atoms with Gasteiger partial charge in [0.15, 0.2) is 0 Å². The van der Waals surface area contributed by atoms with Gasteiger partial charge in [0.25, 0.3) is 5.91 Å². The van der Waals surface area contributed by atoms with E-state index in [4.69, 9.17) is 4.74 Å². The molecule has 0 aliphatic carbocycles. The number of carbonyl (C=O) groups is 2. The minimum Gasteiger partial charge on any atom is -0.444 e. The van der Waals surface area contributed by atoms with Crippen molar-refractivity contribution in [3.8, 4) is 0 Å². The van der Waals surface area contributed by atoms with Crippen molar-refractivity contribution in [2.75, 3.05) is 17.7 Å². The van der Waals surface area contributed by atoms with Gasteiger partial charge in [0, 0.05) is 18.3 Å². The Morgan fingerprint density at radius 2 is 1.79 bits per heavy atom. The van der Waals surface area contributed by atoms with Gasteiger partial charge < -0.3 is 15.4 Å². The molecular weight excluding hydrogens is 386 g/mol. The first kappa shape index (κ1) is 20.5. The molecule has 1 atom stereocenters. The second-order valence-electron chi connectivity index (χ2n) is 6.73. The van der Waals surface area contributed by atoms with Crippen LogP contribution in [0.2, 0.25) is 0 Å². The molecule has 150 valence electrons. The average Bonchev–Trinajstić information content (AvgIpc) is 3.10. The van der Waals surface area contributed by atoms with Gasteiger partial charge in [-0.1, -0.05) is 42.5 Å². The fourth-order valence-electron chi connectivity index (χ4n) is 2.92. The van der Waals surface area contributed by atoms with Crippen molar-refractivity contribution in [2.24, 2.45) is 0 Å². The molecule has 1 aromatic heterocycles. The van der Waals surface area contributed by atoms with Gasteiger partial charge in [-0.3, -0.25) is 4.79 Å². The Balaban J connectivity index is 1.91. The molecule has 1 amide bonds. The Morgan fingerprint density at radius 1 is 1.07 bits per heavy atom. The molecule has 29 heavy (non-hydrogen) atoms. The number of aromatic nitrogens is 1. The maximum absolute atomic E-state index is 13.1. The van der Waals surface area contributed by atoms with Crippen molar-refractivity contribution in [3.63, 3.8) is 0 Å². The number of nitrogens with zero attached hydrogens (tertiary/aromatic N) is 1. The molecular formula is C22H23N3O3S. The van der Waals surface area contributed by atoms with Crippen LogP contribution in [-0.2, 0) is 9.53 Å². The van der Waals surface area contributed by atoms with Crippen molar-refractivity contribution in [2.45, 2.75) is 26.9 Å². The van der Waals surface area contributed by atoms with E-state index in [2.05, 4.69) is 15.0 Å². The number of aryl methyl sites for hydroxylation is 3. The molecule has 1 heterocycles. The van der Waals surface area contributed by atoms with Crippen molar-refractivity contribution >= 4 is 34.1 Å². The number of nitrogens with one attached hydrogen (secondary N) is 2. The number of ether oxygens (including phenoxy) is 1. The van der Waals surface area contributed by atoms with Crippen LogP contribution in [0.3, 0.4) is 0 Å². The highest BCUT2D eigenvalue weighted by molar-refractivity contribution is 7.10. The van der Waals surface area contributed by atoms with Gasteiger partial charge in [0.05, 0.1) is 5.69 Å². The topological polar surface area (TPSA) is 80.3 Å². The summed E-state index contributed by atoms with van der Waals surface area (Å²) in [6.07, 6.45) is -1.09. The number of carbonyl (C=O) groups excluding carboxylic acids is 2. The molecule has 0 aliphatic rings. The second-order valence-corrected chi connectivity index (χ2v) is 7.50. The molecule has 3 aromatic rings. The Hall–Kier alpha value is -3.19. The normalized spacial score (nSPS) is 11.6. The van der Waals surface area contributed by atoms with Gasteiger partial charge in [-0.15, -0.1) is 0 Å². The molecule has 2 aromatic carbocycles. The van der Waals surface area contributed by atoms with Crippen LogP contribution in [0.15, 0.2) is 48.5 Å². The van der Waals surface area contributed by atoms with Crippen molar-refractivity contribution in [1.29, 1.82) is 0 Å². The Morgan fingerprint density at radius 3 is 2.48 bits per heavy atom. The summed E-state index contributed by atoms with van der Waals surface area (Å²) in [5, 5.41) is 6.45. The number of anilines is 2. The van der Waals surface area contributed by atoms with E-state index in [1.165, 1.54) is 11.5 Å². The van der Waals surface area contributed by atoms with E-state index in [-0.39, 0.29) is 0 Å². The van der Waals surface area contributed by atoms with E-state index >= 15 is 0 Å². The zero-order chi connectivity index (χ0) is 21.0.